The molecular formula is C52H32N4O. The van der Waals surface area contributed by atoms with Gasteiger partial charge in [-0.2, -0.15) is 5.26 Å². The molecule has 8 aromatic carbocycles. The van der Waals surface area contributed by atoms with Gasteiger partial charge in [-0.25, -0.2) is 15.0 Å². The first-order valence-corrected chi connectivity index (χ1v) is 18.8. The van der Waals surface area contributed by atoms with Crippen molar-refractivity contribution >= 4 is 21.9 Å². The van der Waals surface area contributed by atoms with E-state index in [1.165, 1.54) is 5.56 Å². The maximum Gasteiger partial charge on any atom is 0.164 e. The van der Waals surface area contributed by atoms with Gasteiger partial charge in [0.15, 0.2) is 17.5 Å². The van der Waals surface area contributed by atoms with Crippen LogP contribution in [0.4, 0.5) is 0 Å². The lowest BCUT2D eigenvalue weighted by molar-refractivity contribution is 0.669. The summed E-state index contributed by atoms with van der Waals surface area (Å²) in [6.07, 6.45) is 0. The maximum absolute atomic E-state index is 9.73. The van der Waals surface area contributed by atoms with E-state index in [0.717, 1.165) is 77.6 Å². The highest BCUT2D eigenvalue weighted by Crippen LogP contribution is 2.40. The smallest absolute Gasteiger partial charge is 0.164 e. The van der Waals surface area contributed by atoms with Crippen LogP contribution in [0, 0.1) is 11.3 Å². The Labute approximate surface area is 329 Å². The zero-order valence-electron chi connectivity index (χ0n) is 30.7. The van der Waals surface area contributed by atoms with Crippen molar-refractivity contribution in [3.05, 3.63) is 200 Å². The third-order valence-corrected chi connectivity index (χ3v) is 10.4. The fourth-order valence-electron chi connectivity index (χ4n) is 7.64. The molecule has 0 saturated carbocycles. The van der Waals surface area contributed by atoms with Crippen molar-refractivity contribution in [1.29, 1.82) is 5.26 Å². The Morgan fingerprint density at radius 1 is 0.351 bits per heavy atom. The summed E-state index contributed by atoms with van der Waals surface area (Å²) in [4.78, 5) is 15.3. The van der Waals surface area contributed by atoms with Crippen molar-refractivity contribution in [3.63, 3.8) is 0 Å². The highest BCUT2D eigenvalue weighted by atomic mass is 16.3. The van der Waals surface area contributed by atoms with E-state index in [4.69, 9.17) is 19.4 Å². The zero-order valence-corrected chi connectivity index (χ0v) is 30.7. The Morgan fingerprint density at radius 2 is 0.895 bits per heavy atom. The van der Waals surface area contributed by atoms with Gasteiger partial charge in [-0.05, 0) is 74.8 Å². The summed E-state index contributed by atoms with van der Waals surface area (Å²) in [6.45, 7) is 0. The van der Waals surface area contributed by atoms with Gasteiger partial charge in [0.2, 0.25) is 0 Å². The average molecular weight is 729 g/mol. The number of nitriles is 1. The predicted octanol–water partition coefficient (Wildman–Crippen LogP) is 13.3. The Hall–Kier alpha value is -7.94. The molecule has 0 bridgehead atoms. The minimum atomic E-state index is 0.537. The van der Waals surface area contributed by atoms with Crippen LogP contribution in [0.3, 0.4) is 0 Å². The summed E-state index contributed by atoms with van der Waals surface area (Å²) < 4.78 is 6.58. The zero-order chi connectivity index (χ0) is 38.1. The lowest BCUT2D eigenvalue weighted by atomic mass is 9.96. The van der Waals surface area contributed by atoms with Crippen LogP contribution in [0.25, 0.3) is 101 Å². The Kier molecular flexibility index (Phi) is 8.48. The van der Waals surface area contributed by atoms with Crippen LogP contribution in [-0.4, -0.2) is 15.0 Å². The number of hydrogen-bond donors (Lipinski definition) is 0. The molecule has 0 unspecified atom stereocenters. The predicted molar refractivity (Wildman–Crippen MR) is 230 cm³/mol. The first kappa shape index (κ1) is 33.6. The van der Waals surface area contributed by atoms with Crippen molar-refractivity contribution in [1.82, 2.24) is 15.0 Å². The number of fused-ring (bicyclic) bond motifs is 3. The number of furan rings is 1. The van der Waals surface area contributed by atoms with Crippen molar-refractivity contribution in [2.45, 2.75) is 0 Å². The van der Waals surface area contributed by atoms with Crippen LogP contribution >= 0.6 is 0 Å². The molecular weight excluding hydrogens is 697 g/mol. The fraction of sp³-hybridized carbons (Fsp3) is 0. The lowest BCUT2D eigenvalue weighted by Crippen LogP contribution is -2.01. The maximum atomic E-state index is 9.73. The number of hydrogen-bond acceptors (Lipinski definition) is 5. The molecule has 0 aliphatic heterocycles. The van der Waals surface area contributed by atoms with Gasteiger partial charge in [0.25, 0.3) is 0 Å². The van der Waals surface area contributed by atoms with Gasteiger partial charge < -0.3 is 4.42 Å². The molecule has 0 radical (unpaired) electrons. The first-order valence-electron chi connectivity index (χ1n) is 18.8. The van der Waals surface area contributed by atoms with Crippen LogP contribution in [0.5, 0.6) is 0 Å². The van der Waals surface area contributed by atoms with Crippen molar-refractivity contribution < 1.29 is 4.42 Å². The first-order chi connectivity index (χ1) is 28.2. The molecule has 0 N–H and O–H groups in total. The second-order valence-corrected chi connectivity index (χ2v) is 13.9. The average Bonchev–Trinajstić information content (AvgIpc) is 3.68. The van der Waals surface area contributed by atoms with E-state index in [9.17, 15) is 5.26 Å². The molecule has 0 fully saturated rings. The monoisotopic (exact) mass is 728 g/mol. The molecule has 0 saturated heterocycles. The molecule has 10 rings (SSSR count). The van der Waals surface area contributed by atoms with E-state index in [1.807, 2.05) is 97.1 Å². The molecule has 5 nitrogen and oxygen atoms in total. The highest BCUT2D eigenvalue weighted by Gasteiger charge is 2.19. The summed E-state index contributed by atoms with van der Waals surface area (Å²) in [5, 5.41) is 11.8. The van der Waals surface area contributed by atoms with Crippen LogP contribution in [0.15, 0.2) is 199 Å². The second-order valence-electron chi connectivity index (χ2n) is 13.9. The van der Waals surface area contributed by atoms with E-state index >= 15 is 0 Å². The molecule has 2 aromatic heterocycles. The minimum absolute atomic E-state index is 0.537. The molecule has 2 heterocycles. The largest absolute Gasteiger partial charge is 0.456 e. The Balaban J connectivity index is 1.11. The molecule has 0 aliphatic rings. The van der Waals surface area contributed by atoms with Gasteiger partial charge in [-0.3, -0.25) is 0 Å². The summed E-state index contributed by atoms with van der Waals surface area (Å²) in [7, 11) is 0. The quantitative estimate of drug-likeness (QED) is 0.163. The van der Waals surface area contributed by atoms with Gasteiger partial charge in [-0.1, -0.05) is 164 Å². The molecule has 57 heavy (non-hydrogen) atoms. The molecule has 5 heteroatoms. The van der Waals surface area contributed by atoms with E-state index in [1.54, 1.807) is 0 Å². The standard InChI is InChI=1S/C52H32N4O/c53-33-41-17-7-8-20-42(41)36-25-27-37(28-26-36)50-54-51(56-52(55-50)45-22-10-9-21-43(45)35-15-5-2-6-16-35)40-29-30-46-48(32-40)57-47-24-12-23-44(49(46)47)39-19-11-18-38(31-39)34-13-3-1-4-14-34/h1-32H. The van der Waals surface area contributed by atoms with E-state index in [0.29, 0.717) is 23.0 Å². The van der Waals surface area contributed by atoms with Crippen molar-refractivity contribution in [2.24, 2.45) is 0 Å². The van der Waals surface area contributed by atoms with Gasteiger partial charge in [0.1, 0.15) is 11.2 Å². The molecule has 0 atom stereocenters. The fourth-order valence-corrected chi connectivity index (χ4v) is 7.64. The van der Waals surface area contributed by atoms with Crippen LogP contribution < -0.4 is 0 Å². The third-order valence-electron chi connectivity index (χ3n) is 10.4. The van der Waals surface area contributed by atoms with Crippen molar-refractivity contribution in [2.75, 3.05) is 0 Å². The van der Waals surface area contributed by atoms with E-state index < -0.39 is 0 Å². The molecule has 266 valence electrons. The summed E-state index contributed by atoms with van der Waals surface area (Å²) in [5.41, 5.74) is 13.3. The molecule has 0 aliphatic carbocycles. The third kappa shape index (κ3) is 6.32. The van der Waals surface area contributed by atoms with Crippen LogP contribution in [-0.2, 0) is 0 Å². The highest BCUT2D eigenvalue weighted by molar-refractivity contribution is 6.13. The Bertz CT molecular complexity index is 3130. The minimum Gasteiger partial charge on any atom is -0.456 e. The van der Waals surface area contributed by atoms with Crippen LogP contribution in [0.1, 0.15) is 5.56 Å². The SMILES string of the molecule is N#Cc1ccccc1-c1ccc(-c2nc(-c3ccc4c(c3)oc3cccc(-c5cccc(-c6ccccc6)c5)c34)nc(-c3ccccc3-c3ccccc3)n2)cc1. The number of benzene rings is 8. The Morgan fingerprint density at radius 3 is 1.67 bits per heavy atom. The summed E-state index contributed by atoms with van der Waals surface area (Å²) >= 11 is 0. The number of rotatable bonds is 7. The lowest BCUT2D eigenvalue weighted by Gasteiger charge is -2.12. The summed E-state index contributed by atoms with van der Waals surface area (Å²) in [6, 6.07) is 68.0. The number of nitrogens with zero attached hydrogens (tertiary/aromatic N) is 4. The molecule has 0 amide bonds. The summed E-state index contributed by atoms with van der Waals surface area (Å²) in [5.74, 6) is 1.65. The van der Waals surface area contributed by atoms with Gasteiger partial charge >= 0.3 is 0 Å². The van der Waals surface area contributed by atoms with Crippen LogP contribution in [0.2, 0.25) is 0 Å². The topological polar surface area (TPSA) is 75.6 Å². The van der Waals surface area contributed by atoms with Crippen molar-refractivity contribution in [3.8, 4) is 84.7 Å². The molecule has 0 spiro atoms. The number of aromatic nitrogens is 3. The second kappa shape index (κ2) is 14.4. The van der Waals surface area contributed by atoms with E-state index in [2.05, 4.69) is 103 Å². The van der Waals surface area contributed by atoms with Gasteiger partial charge in [0, 0.05) is 27.5 Å². The van der Waals surface area contributed by atoms with Gasteiger partial charge in [0.05, 0.1) is 11.6 Å². The normalized spacial score (nSPS) is 11.1. The van der Waals surface area contributed by atoms with Gasteiger partial charge in [-0.15, -0.1) is 0 Å². The molecule has 10 aromatic rings. The van der Waals surface area contributed by atoms with E-state index in [-0.39, 0.29) is 0 Å².